The molecule has 0 radical (unpaired) electrons. The molecule has 0 fully saturated rings. The summed E-state index contributed by atoms with van der Waals surface area (Å²) in [6.07, 6.45) is 0. The van der Waals surface area contributed by atoms with Crippen LogP contribution < -0.4 is 19.7 Å². The lowest BCUT2D eigenvalue weighted by Gasteiger charge is -2.11. The zero-order valence-corrected chi connectivity index (χ0v) is 16.6. The van der Waals surface area contributed by atoms with Crippen LogP contribution in [0.5, 0.6) is 11.5 Å². The number of hydrogen-bond acceptors (Lipinski definition) is 7. The number of nitrogens with zero attached hydrogens (tertiary/aromatic N) is 1. The van der Waals surface area contributed by atoms with Crippen molar-refractivity contribution < 1.29 is 27.6 Å². The van der Waals surface area contributed by atoms with Gasteiger partial charge in [0.1, 0.15) is 11.5 Å². The summed E-state index contributed by atoms with van der Waals surface area (Å²) in [4.78, 5) is 24.0. The van der Waals surface area contributed by atoms with E-state index in [1.807, 2.05) is 10.3 Å². The van der Waals surface area contributed by atoms with Crippen LogP contribution in [0.4, 0.5) is 5.69 Å². The molecule has 0 unspecified atom stereocenters. The number of carbonyl (C=O) groups excluding carboxylic acids is 1. The third-order valence-corrected chi connectivity index (χ3v) is 5.33. The van der Waals surface area contributed by atoms with E-state index in [0.29, 0.717) is 11.5 Å². The predicted molar refractivity (Wildman–Crippen MR) is 100 cm³/mol. The van der Waals surface area contributed by atoms with Crippen molar-refractivity contribution in [3.8, 4) is 11.5 Å². The van der Waals surface area contributed by atoms with Crippen LogP contribution in [-0.4, -0.2) is 33.5 Å². The Morgan fingerprint density at radius 2 is 1.68 bits per heavy atom. The number of methoxy groups -OCH3 is 2. The minimum Gasteiger partial charge on any atom is -0.497 e. The van der Waals surface area contributed by atoms with Gasteiger partial charge in [-0.15, -0.1) is 4.83 Å². The summed E-state index contributed by atoms with van der Waals surface area (Å²) in [6.45, 7) is 1.39. The number of rotatable bonds is 7. The van der Waals surface area contributed by atoms with Crippen molar-refractivity contribution in [3.05, 3.63) is 56.6 Å². The van der Waals surface area contributed by atoms with Gasteiger partial charge in [-0.2, -0.15) is 0 Å². The van der Waals surface area contributed by atoms with Crippen LogP contribution in [0.3, 0.4) is 0 Å². The van der Waals surface area contributed by atoms with E-state index in [2.05, 4.69) is 0 Å². The first kappa shape index (κ1) is 21.4. The number of ether oxygens (including phenoxy) is 2. The minimum absolute atomic E-state index is 0.0619. The maximum Gasteiger partial charge on any atom is 0.275 e. The van der Waals surface area contributed by atoms with Crippen molar-refractivity contribution in [1.29, 1.82) is 0 Å². The molecule has 10 nitrogen and oxygen atoms in total. The van der Waals surface area contributed by atoms with Crippen molar-refractivity contribution in [3.63, 3.8) is 0 Å². The molecule has 150 valence electrons. The number of nitrogens with one attached hydrogen (secondary N) is 2. The first-order valence-corrected chi connectivity index (χ1v) is 9.45. The fourth-order valence-corrected chi connectivity index (χ4v) is 3.33. The van der Waals surface area contributed by atoms with E-state index < -0.39 is 31.4 Å². The van der Waals surface area contributed by atoms with Gasteiger partial charge in [-0.3, -0.25) is 20.3 Å². The molecule has 2 aromatic rings. The van der Waals surface area contributed by atoms with E-state index in [1.165, 1.54) is 39.3 Å². The molecule has 2 rings (SSSR count). The highest BCUT2D eigenvalue weighted by molar-refractivity contribution is 7.89. The fraction of sp³-hybridized carbons (Fsp3) is 0.188. The monoisotopic (exact) mass is 429 g/mol. The number of hydrogen-bond donors (Lipinski definition) is 2. The lowest BCUT2D eigenvalue weighted by Crippen LogP contribution is -2.41. The summed E-state index contributed by atoms with van der Waals surface area (Å²) in [5.74, 6) is -0.143. The Kier molecular flexibility index (Phi) is 6.44. The topological polar surface area (TPSA) is 137 Å². The maximum atomic E-state index is 12.4. The molecule has 12 heteroatoms. The normalized spacial score (nSPS) is 11.0. The average Bonchev–Trinajstić information content (AvgIpc) is 2.67. The van der Waals surface area contributed by atoms with E-state index in [4.69, 9.17) is 21.1 Å². The largest absolute Gasteiger partial charge is 0.497 e. The van der Waals surface area contributed by atoms with E-state index in [-0.39, 0.29) is 16.1 Å². The summed E-state index contributed by atoms with van der Waals surface area (Å²) in [7, 11) is -1.53. The van der Waals surface area contributed by atoms with Gasteiger partial charge in [-0.1, -0.05) is 11.6 Å². The Bertz CT molecular complexity index is 1020. The highest BCUT2D eigenvalue weighted by Gasteiger charge is 2.23. The van der Waals surface area contributed by atoms with E-state index in [0.717, 1.165) is 12.1 Å². The quantitative estimate of drug-likeness (QED) is 0.508. The molecular formula is C16H16ClN3O7S. The second kappa shape index (κ2) is 8.42. The summed E-state index contributed by atoms with van der Waals surface area (Å²) in [6, 6.07) is 6.19. The number of nitro benzene ring substituents is 1. The SMILES string of the molecule is COc1cc(OC)cc(C(=O)NNS(=O)(=O)c2cc(Cl)c(C)c([N+](=O)[O-])c2)c1. The number of sulfonamides is 1. The van der Waals surface area contributed by atoms with Crippen molar-refractivity contribution >= 4 is 33.2 Å². The Labute approximate surface area is 165 Å². The third-order valence-electron chi connectivity index (χ3n) is 3.71. The molecule has 1 amide bonds. The van der Waals surface area contributed by atoms with Gasteiger partial charge in [0.15, 0.2) is 0 Å². The molecule has 0 atom stereocenters. The number of halogens is 1. The van der Waals surface area contributed by atoms with Gasteiger partial charge < -0.3 is 9.47 Å². The lowest BCUT2D eigenvalue weighted by molar-refractivity contribution is -0.385. The second-order valence-electron chi connectivity index (χ2n) is 5.47. The van der Waals surface area contributed by atoms with Gasteiger partial charge in [0.05, 0.1) is 29.1 Å². The summed E-state index contributed by atoms with van der Waals surface area (Å²) >= 11 is 5.88. The van der Waals surface area contributed by atoms with E-state index >= 15 is 0 Å². The molecule has 0 aliphatic heterocycles. The second-order valence-corrected chi connectivity index (χ2v) is 7.56. The first-order valence-electron chi connectivity index (χ1n) is 7.58. The van der Waals surface area contributed by atoms with Crippen LogP contribution in [-0.2, 0) is 10.0 Å². The lowest BCUT2D eigenvalue weighted by atomic mass is 10.2. The highest BCUT2D eigenvalue weighted by Crippen LogP contribution is 2.29. The van der Waals surface area contributed by atoms with Crippen molar-refractivity contribution in [1.82, 2.24) is 10.3 Å². The van der Waals surface area contributed by atoms with Crippen molar-refractivity contribution in [2.45, 2.75) is 11.8 Å². The molecule has 0 heterocycles. The van der Waals surface area contributed by atoms with Gasteiger partial charge in [-0.25, -0.2) is 8.42 Å². The number of carbonyl (C=O) groups is 1. The van der Waals surface area contributed by atoms with Gasteiger partial charge in [0, 0.05) is 23.3 Å². The number of amides is 1. The fourth-order valence-electron chi connectivity index (χ4n) is 2.17. The van der Waals surface area contributed by atoms with Crippen LogP contribution in [0.15, 0.2) is 35.2 Å². The predicted octanol–water partition coefficient (Wildman–Crippen LogP) is 2.20. The van der Waals surface area contributed by atoms with E-state index in [1.54, 1.807) is 0 Å². The van der Waals surface area contributed by atoms with Gasteiger partial charge >= 0.3 is 0 Å². The average molecular weight is 430 g/mol. The van der Waals surface area contributed by atoms with Crippen LogP contribution >= 0.6 is 11.6 Å². The Morgan fingerprint density at radius 1 is 1.11 bits per heavy atom. The zero-order chi connectivity index (χ0) is 21.1. The standard InChI is InChI=1S/C16H16ClN3O7S/c1-9-14(17)7-13(8-15(9)20(22)23)28(24,25)19-18-16(21)10-4-11(26-2)6-12(5-10)27-3/h4-8,19H,1-3H3,(H,18,21). The molecule has 28 heavy (non-hydrogen) atoms. The molecule has 2 N–H and O–H groups in total. The molecule has 0 aromatic heterocycles. The Balaban J connectivity index is 2.27. The number of benzene rings is 2. The highest BCUT2D eigenvalue weighted by atomic mass is 35.5. The molecule has 2 aromatic carbocycles. The Morgan fingerprint density at radius 3 is 2.18 bits per heavy atom. The van der Waals surface area contributed by atoms with Crippen LogP contribution in [0.2, 0.25) is 5.02 Å². The molecular weight excluding hydrogens is 414 g/mol. The van der Waals surface area contributed by atoms with Gasteiger partial charge in [-0.05, 0) is 25.1 Å². The molecule has 0 aliphatic carbocycles. The molecule has 0 spiro atoms. The number of nitro groups is 1. The molecule has 0 aliphatic rings. The minimum atomic E-state index is -4.32. The molecule has 0 bridgehead atoms. The third kappa shape index (κ3) is 4.68. The first-order chi connectivity index (χ1) is 13.1. The van der Waals surface area contributed by atoms with Gasteiger partial charge in [0.25, 0.3) is 21.6 Å². The van der Waals surface area contributed by atoms with Gasteiger partial charge in [0.2, 0.25) is 0 Å². The molecule has 0 saturated carbocycles. The number of hydrazine groups is 1. The van der Waals surface area contributed by atoms with Crippen LogP contribution in [0, 0.1) is 17.0 Å². The zero-order valence-electron chi connectivity index (χ0n) is 15.0. The molecule has 0 saturated heterocycles. The summed E-state index contributed by atoms with van der Waals surface area (Å²) in [5.41, 5.74) is 1.75. The Hall–Kier alpha value is -2.89. The maximum absolute atomic E-state index is 12.4. The van der Waals surface area contributed by atoms with Crippen molar-refractivity contribution in [2.24, 2.45) is 0 Å². The van der Waals surface area contributed by atoms with Crippen LogP contribution in [0.1, 0.15) is 15.9 Å². The smallest absolute Gasteiger partial charge is 0.275 e. The summed E-state index contributed by atoms with van der Waals surface area (Å²) in [5, 5.41) is 11.0. The summed E-state index contributed by atoms with van der Waals surface area (Å²) < 4.78 is 34.9. The van der Waals surface area contributed by atoms with Crippen LogP contribution in [0.25, 0.3) is 0 Å². The van der Waals surface area contributed by atoms with E-state index in [9.17, 15) is 23.3 Å². The van der Waals surface area contributed by atoms with Crippen molar-refractivity contribution in [2.75, 3.05) is 14.2 Å².